The molecule has 1 aliphatic rings. The van der Waals surface area contributed by atoms with Crippen LogP contribution in [0.25, 0.3) is 0 Å². The van der Waals surface area contributed by atoms with Crippen molar-refractivity contribution in [3.8, 4) is 0 Å². The van der Waals surface area contributed by atoms with E-state index in [2.05, 4.69) is 19.2 Å². The van der Waals surface area contributed by atoms with Gasteiger partial charge in [0.2, 0.25) is 0 Å². The number of para-hydroxylation sites is 1. The third kappa shape index (κ3) is 3.18. The molecule has 0 bridgehead atoms. The fourth-order valence-corrected chi connectivity index (χ4v) is 3.77. The van der Waals surface area contributed by atoms with Gasteiger partial charge in [0.1, 0.15) is 10.6 Å². The molecule has 1 N–H and O–H groups in total. The first kappa shape index (κ1) is 15.8. The summed E-state index contributed by atoms with van der Waals surface area (Å²) < 4.78 is 23.5. The molecule has 1 saturated carbocycles. The van der Waals surface area contributed by atoms with E-state index >= 15 is 0 Å². The van der Waals surface area contributed by atoms with E-state index in [0.717, 1.165) is 25.5 Å². The highest BCUT2D eigenvalue weighted by Gasteiger charge is 2.36. The van der Waals surface area contributed by atoms with Crippen LogP contribution in [0.5, 0.6) is 0 Å². The summed E-state index contributed by atoms with van der Waals surface area (Å²) in [5, 5.41) is 14.5. The largest absolute Gasteiger partial charge is 0.376 e. The minimum absolute atomic E-state index is 0.0367. The summed E-state index contributed by atoms with van der Waals surface area (Å²) in [6.45, 7) is 4.23. The van der Waals surface area contributed by atoms with Gasteiger partial charge >= 0.3 is 5.69 Å². The zero-order valence-electron chi connectivity index (χ0n) is 12.4. The number of nitrogens with one attached hydrogen (secondary N) is 1. The summed E-state index contributed by atoms with van der Waals surface area (Å²) in [4.78, 5) is 10.5. The number of hydrogen-bond donors (Lipinski definition) is 1. The van der Waals surface area contributed by atoms with Crippen LogP contribution in [0.2, 0.25) is 0 Å². The number of hydrogen-bond acceptors (Lipinski definition) is 5. The Kier molecular flexibility index (Phi) is 3.97. The predicted octanol–water partition coefficient (Wildman–Crippen LogP) is 2.99. The summed E-state index contributed by atoms with van der Waals surface area (Å²) in [5.41, 5.74) is -0.0415. The number of benzene rings is 1. The number of sulfone groups is 1. The topological polar surface area (TPSA) is 89.3 Å². The number of nitro groups is 1. The van der Waals surface area contributed by atoms with Crippen molar-refractivity contribution in [2.45, 2.75) is 44.0 Å². The molecule has 6 nitrogen and oxygen atoms in total. The van der Waals surface area contributed by atoms with Gasteiger partial charge in [0.15, 0.2) is 9.84 Å². The zero-order valence-corrected chi connectivity index (χ0v) is 13.2. The lowest BCUT2D eigenvalue weighted by Gasteiger charge is -2.28. The third-order valence-corrected chi connectivity index (χ3v) is 5.30. The van der Waals surface area contributed by atoms with E-state index in [4.69, 9.17) is 0 Å². The smallest absolute Gasteiger partial charge is 0.310 e. The lowest BCUT2D eigenvalue weighted by molar-refractivity contribution is -0.386. The Morgan fingerprint density at radius 1 is 1.38 bits per heavy atom. The van der Waals surface area contributed by atoms with Gasteiger partial charge in [-0.2, -0.15) is 0 Å². The fraction of sp³-hybridized carbons (Fsp3) is 0.571. The summed E-state index contributed by atoms with van der Waals surface area (Å²) in [7, 11) is -3.65. The molecule has 0 spiro atoms. The van der Waals surface area contributed by atoms with E-state index in [1.807, 2.05) is 0 Å². The van der Waals surface area contributed by atoms with Crippen molar-refractivity contribution in [2.75, 3.05) is 11.6 Å². The van der Waals surface area contributed by atoms with Crippen molar-refractivity contribution in [1.29, 1.82) is 0 Å². The van der Waals surface area contributed by atoms with Crippen molar-refractivity contribution < 1.29 is 13.3 Å². The summed E-state index contributed by atoms with van der Waals surface area (Å²) in [5.74, 6) is 0. The van der Waals surface area contributed by atoms with Gasteiger partial charge in [-0.05, 0) is 30.4 Å². The van der Waals surface area contributed by atoms with Gasteiger partial charge < -0.3 is 5.32 Å². The number of nitro benzene ring substituents is 1. The molecule has 0 saturated heterocycles. The molecule has 0 amide bonds. The molecule has 1 atom stereocenters. The molecule has 116 valence electrons. The van der Waals surface area contributed by atoms with Crippen LogP contribution in [-0.2, 0) is 9.84 Å². The van der Waals surface area contributed by atoms with Crippen LogP contribution >= 0.6 is 0 Å². The van der Waals surface area contributed by atoms with Gasteiger partial charge in [-0.3, -0.25) is 10.1 Å². The molecule has 0 aliphatic heterocycles. The lowest BCUT2D eigenvalue weighted by atomic mass is 9.87. The SMILES string of the molecule is CC1(C)CCCC1Nc1cccc(S(C)(=O)=O)c1[N+](=O)[O-]. The third-order valence-electron chi connectivity index (χ3n) is 4.17. The second-order valence-electron chi connectivity index (χ2n) is 6.26. The quantitative estimate of drug-likeness (QED) is 0.682. The Labute approximate surface area is 124 Å². The standard InChI is InChI=1S/C14H20N2O4S/c1-14(2)9-5-8-12(14)15-10-6-4-7-11(21(3,19)20)13(10)16(17)18/h4,6-7,12,15H,5,8-9H2,1-3H3. The Bertz CT molecular complexity index is 668. The van der Waals surface area contributed by atoms with E-state index in [-0.39, 0.29) is 27.7 Å². The molecule has 21 heavy (non-hydrogen) atoms. The molecule has 0 aromatic heterocycles. The monoisotopic (exact) mass is 312 g/mol. The Balaban J connectivity index is 2.47. The Hall–Kier alpha value is -1.63. The van der Waals surface area contributed by atoms with Crippen LogP contribution in [0.4, 0.5) is 11.4 Å². The average molecular weight is 312 g/mol. The highest BCUT2D eigenvalue weighted by Crippen LogP contribution is 2.41. The van der Waals surface area contributed by atoms with Gasteiger partial charge in [0.05, 0.1) is 4.92 Å². The van der Waals surface area contributed by atoms with Gasteiger partial charge in [0.25, 0.3) is 0 Å². The number of anilines is 1. The maximum Gasteiger partial charge on any atom is 0.310 e. The van der Waals surface area contributed by atoms with Crippen LogP contribution in [-0.4, -0.2) is 25.6 Å². The van der Waals surface area contributed by atoms with Crippen molar-refractivity contribution >= 4 is 21.2 Å². The van der Waals surface area contributed by atoms with Crippen molar-refractivity contribution in [1.82, 2.24) is 0 Å². The summed E-state index contributed by atoms with van der Waals surface area (Å²) in [6.07, 6.45) is 4.01. The Morgan fingerprint density at radius 3 is 2.52 bits per heavy atom. The number of nitrogens with zero attached hydrogens (tertiary/aromatic N) is 1. The van der Waals surface area contributed by atoms with Crippen LogP contribution in [0.15, 0.2) is 23.1 Å². The highest BCUT2D eigenvalue weighted by atomic mass is 32.2. The normalized spacial score (nSPS) is 21.2. The molecule has 0 heterocycles. The van der Waals surface area contributed by atoms with Crippen LogP contribution < -0.4 is 5.32 Å². The van der Waals surface area contributed by atoms with Gasteiger partial charge in [-0.25, -0.2) is 8.42 Å². The molecule has 1 aromatic rings. The van der Waals surface area contributed by atoms with Gasteiger partial charge in [-0.1, -0.05) is 26.3 Å². The maximum absolute atomic E-state index is 11.7. The Morgan fingerprint density at radius 2 is 2.05 bits per heavy atom. The van der Waals surface area contributed by atoms with Gasteiger partial charge in [-0.15, -0.1) is 0 Å². The van der Waals surface area contributed by atoms with Crippen LogP contribution in [0.1, 0.15) is 33.1 Å². The van der Waals surface area contributed by atoms with Crippen LogP contribution in [0, 0.1) is 15.5 Å². The highest BCUT2D eigenvalue weighted by molar-refractivity contribution is 7.90. The average Bonchev–Trinajstić information content (AvgIpc) is 2.67. The van der Waals surface area contributed by atoms with E-state index < -0.39 is 14.8 Å². The number of rotatable bonds is 4. The first-order chi connectivity index (χ1) is 9.63. The fourth-order valence-electron chi connectivity index (χ4n) is 2.91. The maximum atomic E-state index is 11.7. The molecular formula is C14H20N2O4S. The van der Waals surface area contributed by atoms with E-state index in [1.165, 1.54) is 12.1 Å². The molecule has 1 aliphatic carbocycles. The minimum atomic E-state index is -3.65. The molecule has 2 rings (SSSR count). The first-order valence-electron chi connectivity index (χ1n) is 6.87. The summed E-state index contributed by atoms with van der Waals surface area (Å²) in [6, 6.07) is 4.49. The van der Waals surface area contributed by atoms with Crippen molar-refractivity contribution in [2.24, 2.45) is 5.41 Å². The molecule has 1 fully saturated rings. The molecule has 1 unspecified atom stereocenters. The lowest BCUT2D eigenvalue weighted by Crippen LogP contribution is -2.31. The van der Waals surface area contributed by atoms with Crippen LogP contribution in [0.3, 0.4) is 0 Å². The van der Waals surface area contributed by atoms with E-state index in [9.17, 15) is 18.5 Å². The second kappa shape index (κ2) is 5.29. The van der Waals surface area contributed by atoms with E-state index in [0.29, 0.717) is 0 Å². The minimum Gasteiger partial charge on any atom is -0.376 e. The predicted molar refractivity (Wildman–Crippen MR) is 81.2 cm³/mol. The molecule has 0 radical (unpaired) electrons. The van der Waals surface area contributed by atoms with Crippen molar-refractivity contribution in [3.63, 3.8) is 0 Å². The molecule has 1 aromatic carbocycles. The zero-order chi connectivity index (χ0) is 15.8. The van der Waals surface area contributed by atoms with Gasteiger partial charge in [0, 0.05) is 12.3 Å². The second-order valence-corrected chi connectivity index (χ2v) is 8.24. The first-order valence-corrected chi connectivity index (χ1v) is 8.76. The summed E-state index contributed by atoms with van der Waals surface area (Å²) >= 11 is 0. The molecule has 7 heteroatoms. The molecular weight excluding hydrogens is 292 g/mol. The van der Waals surface area contributed by atoms with Crippen molar-refractivity contribution in [3.05, 3.63) is 28.3 Å². The van der Waals surface area contributed by atoms with E-state index in [1.54, 1.807) is 6.07 Å².